The van der Waals surface area contributed by atoms with Gasteiger partial charge >= 0.3 is 0 Å². The maximum absolute atomic E-state index is 13.0. The van der Waals surface area contributed by atoms with Crippen LogP contribution in [0, 0.1) is 11.7 Å². The van der Waals surface area contributed by atoms with E-state index < -0.39 is 0 Å². The second kappa shape index (κ2) is 4.93. The quantitative estimate of drug-likeness (QED) is 0.853. The average Bonchev–Trinajstić information content (AvgIpc) is 2.58. The number of nitrogens with one attached hydrogen (secondary N) is 1. The molecule has 1 aromatic heterocycles. The summed E-state index contributed by atoms with van der Waals surface area (Å²) in [5.74, 6) is 0.503. The summed E-state index contributed by atoms with van der Waals surface area (Å²) in [6, 6.07) is 7.09. The van der Waals surface area contributed by atoms with Gasteiger partial charge in [-0.1, -0.05) is 19.9 Å². The summed E-state index contributed by atoms with van der Waals surface area (Å²) >= 11 is 1.66. The monoisotopic (exact) mass is 237 g/mol. The van der Waals surface area contributed by atoms with E-state index in [2.05, 4.69) is 25.2 Å². The number of fused-ring (bicyclic) bond motifs is 1. The average molecular weight is 237 g/mol. The van der Waals surface area contributed by atoms with E-state index in [0.29, 0.717) is 5.92 Å². The molecule has 0 spiro atoms. The fourth-order valence-electron chi connectivity index (χ4n) is 1.63. The normalized spacial score (nSPS) is 11.5. The highest BCUT2D eigenvalue weighted by molar-refractivity contribution is 7.19. The van der Waals surface area contributed by atoms with Crippen molar-refractivity contribution in [1.82, 2.24) is 5.32 Å². The molecule has 2 rings (SSSR count). The molecule has 0 saturated heterocycles. The molecule has 1 aromatic carbocycles. The summed E-state index contributed by atoms with van der Waals surface area (Å²) in [4.78, 5) is 1.27. The molecular weight excluding hydrogens is 221 g/mol. The maximum Gasteiger partial charge on any atom is 0.124 e. The molecular formula is C13H16FNS. The highest BCUT2D eigenvalue weighted by Gasteiger charge is 2.03. The lowest BCUT2D eigenvalue weighted by molar-refractivity contribution is 0.555. The Hall–Kier alpha value is -0.930. The minimum atomic E-state index is -0.156. The molecule has 86 valence electrons. The van der Waals surface area contributed by atoms with E-state index in [4.69, 9.17) is 0 Å². The molecule has 0 bridgehead atoms. The van der Waals surface area contributed by atoms with E-state index in [0.717, 1.165) is 23.2 Å². The van der Waals surface area contributed by atoms with Crippen molar-refractivity contribution in [2.24, 2.45) is 5.92 Å². The van der Waals surface area contributed by atoms with E-state index in [9.17, 15) is 4.39 Å². The topological polar surface area (TPSA) is 12.0 Å². The van der Waals surface area contributed by atoms with Gasteiger partial charge < -0.3 is 5.32 Å². The molecule has 0 radical (unpaired) electrons. The van der Waals surface area contributed by atoms with Crippen molar-refractivity contribution in [3.8, 4) is 0 Å². The molecule has 1 N–H and O–H groups in total. The molecule has 0 fully saturated rings. The number of hydrogen-bond acceptors (Lipinski definition) is 2. The van der Waals surface area contributed by atoms with Crippen LogP contribution in [0.2, 0.25) is 0 Å². The highest BCUT2D eigenvalue weighted by Crippen LogP contribution is 2.26. The van der Waals surface area contributed by atoms with Gasteiger partial charge in [0.05, 0.1) is 0 Å². The van der Waals surface area contributed by atoms with Crippen molar-refractivity contribution >= 4 is 21.4 Å². The van der Waals surface area contributed by atoms with Crippen molar-refractivity contribution in [1.29, 1.82) is 0 Å². The number of hydrogen-bond donors (Lipinski definition) is 1. The summed E-state index contributed by atoms with van der Waals surface area (Å²) in [7, 11) is 0. The molecule has 0 aliphatic carbocycles. The Morgan fingerprint density at radius 1 is 1.31 bits per heavy atom. The molecule has 0 aliphatic heterocycles. The molecule has 2 aromatic rings. The molecule has 0 saturated carbocycles. The third-order valence-electron chi connectivity index (χ3n) is 2.38. The van der Waals surface area contributed by atoms with Crippen LogP contribution in [0.4, 0.5) is 4.39 Å². The molecule has 0 amide bonds. The minimum absolute atomic E-state index is 0.156. The SMILES string of the molecule is CC(C)CNCc1cc2ccc(F)cc2s1. The minimum Gasteiger partial charge on any atom is -0.312 e. The van der Waals surface area contributed by atoms with Gasteiger partial charge in [0.15, 0.2) is 0 Å². The first-order valence-corrected chi connectivity index (χ1v) is 6.35. The van der Waals surface area contributed by atoms with Gasteiger partial charge in [0.2, 0.25) is 0 Å². The summed E-state index contributed by atoms with van der Waals surface area (Å²) in [5.41, 5.74) is 0. The standard InChI is InChI=1S/C13H16FNS/c1-9(2)7-15-8-12-5-10-3-4-11(14)6-13(10)16-12/h3-6,9,15H,7-8H2,1-2H3. The van der Waals surface area contributed by atoms with Crippen LogP contribution in [-0.4, -0.2) is 6.54 Å². The van der Waals surface area contributed by atoms with Crippen LogP contribution < -0.4 is 5.32 Å². The van der Waals surface area contributed by atoms with Gasteiger partial charge in [-0.2, -0.15) is 0 Å². The van der Waals surface area contributed by atoms with Crippen molar-refractivity contribution in [3.05, 3.63) is 35.0 Å². The van der Waals surface area contributed by atoms with Gasteiger partial charge in [-0.25, -0.2) is 4.39 Å². The smallest absolute Gasteiger partial charge is 0.124 e. The van der Waals surface area contributed by atoms with Crippen LogP contribution in [0.1, 0.15) is 18.7 Å². The highest BCUT2D eigenvalue weighted by atomic mass is 32.1. The molecule has 0 atom stereocenters. The fraction of sp³-hybridized carbons (Fsp3) is 0.385. The first kappa shape index (κ1) is 11.6. The number of thiophene rings is 1. The molecule has 1 nitrogen and oxygen atoms in total. The number of rotatable bonds is 4. The Kier molecular flexibility index (Phi) is 3.56. The maximum atomic E-state index is 13.0. The first-order chi connectivity index (χ1) is 7.65. The largest absolute Gasteiger partial charge is 0.312 e. The Morgan fingerprint density at radius 3 is 2.88 bits per heavy atom. The van der Waals surface area contributed by atoms with Crippen molar-refractivity contribution in [2.75, 3.05) is 6.54 Å². The van der Waals surface area contributed by atoms with E-state index in [1.54, 1.807) is 17.4 Å². The van der Waals surface area contributed by atoms with Crippen LogP contribution in [0.3, 0.4) is 0 Å². The van der Waals surface area contributed by atoms with Crippen molar-refractivity contribution in [2.45, 2.75) is 20.4 Å². The predicted octanol–water partition coefficient (Wildman–Crippen LogP) is 3.79. The third kappa shape index (κ3) is 2.80. The molecule has 0 aliphatic rings. The van der Waals surface area contributed by atoms with Gasteiger partial charge in [0, 0.05) is 16.1 Å². The zero-order chi connectivity index (χ0) is 11.5. The lowest BCUT2D eigenvalue weighted by atomic mass is 10.2. The van der Waals surface area contributed by atoms with Gasteiger partial charge in [-0.05, 0) is 36.0 Å². The Balaban J connectivity index is 2.08. The lowest BCUT2D eigenvalue weighted by Crippen LogP contribution is -2.18. The lowest BCUT2D eigenvalue weighted by Gasteiger charge is -2.04. The molecule has 0 unspecified atom stereocenters. The second-order valence-corrected chi connectivity index (χ2v) is 5.59. The summed E-state index contributed by atoms with van der Waals surface area (Å²) in [6.07, 6.45) is 0. The van der Waals surface area contributed by atoms with E-state index in [1.165, 1.54) is 10.9 Å². The van der Waals surface area contributed by atoms with Crippen LogP contribution >= 0.6 is 11.3 Å². The third-order valence-corrected chi connectivity index (χ3v) is 3.48. The Morgan fingerprint density at radius 2 is 2.12 bits per heavy atom. The van der Waals surface area contributed by atoms with Gasteiger partial charge in [0.1, 0.15) is 5.82 Å². The van der Waals surface area contributed by atoms with Gasteiger partial charge in [0.25, 0.3) is 0 Å². The molecule has 3 heteroatoms. The summed E-state index contributed by atoms with van der Waals surface area (Å²) < 4.78 is 14.0. The number of benzene rings is 1. The predicted molar refractivity (Wildman–Crippen MR) is 68.3 cm³/mol. The van der Waals surface area contributed by atoms with Crippen LogP contribution in [0.25, 0.3) is 10.1 Å². The Labute approximate surface area is 99.3 Å². The second-order valence-electron chi connectivity index (χ2n) is 4.42. The fourth-order valence-corrected chi connectivity index (χ4v) is 2.69. The van der Waals surface area contributed by atoms with E-state index in [-0.39, 0.29) is 5.82 Å². The van der Waals surface area contributed by atoms with Crippen LogP contribution in [-0.2, 0) is 6.54 Å². The van der Waals surface area contributed by atoms with Crippen molar-refractivity contribution in [3.63, 3.8) is 0 Å². The zero-order valence-corrected chi connectivity index (χ0v) is 10.4. The van der Waals surface area contributed by atoms with Gasteiger partial charge in [-0.15, -0.1) is 11.3 Å². The molecule has 1 heterocycles. The Bertz CT molecular complexity index is 476. The summed E-state index contributed by atoms with van der Waals surface area (Å²) in [5, 5.41) is 4.53. The zero-order valence-electron chi connectivity index (χ0n) is 9.59. The number of halogens is 1. The molecule has 16 heavy (non-hydrogen) atoms. The van der Waals surface area contributed by atoms with Crippen LogP contribution in [0.15, 0.2) is 24.3 Å². The first-order valence-electron chi connectivity index (χ1n) is 5.54. The van der Waals surface area contributed by atoms with E-state index in [1.807, 2.05) is 6.07 Å². The van der Waals surface area contributed by atoms with Gasteiger partial charge in [-0.3, -0.25) is 0 Å². The van der Waals surface area contributed by atoms with Crippen molar-refractivity contribution < 1.29 is 4.39 Å². The van der Waals surface area contributed by atoms with E-state index >= 15 is 0 Å². The van der Waals surface area contributed by atoms with Crippen LogP contribution in [0.5, 0.6) is 0 Å². The summed E-state index contributed by atoms with van der Waals surface area (Å²) in [6.45, 7) is 6.27.